The van der Waals surface area contributed by atoms with E-state index in [9.17, 15) is 19.2 Å². The summed E-state index contributed by atoms with van der Waals surface area (Å²) in [6, 6.07) is 37.3. The topological polar surface area (TPSA) is 151 Å². The van der Waals surface area contributed by atoms with Crippen LogP contribution in [0.3, 0.4) is 0 Å². The van der Waals surface area contributed by atoms with Crippen molar-refractivity contribution < 1.29 is 42.9 Å². The largest absolute Gasteiger partial charge is 0.496 e. The van der Waals surface area contributed by atoms with Crippen molar-refractivity contribution in [2.24, 2.45) is 0 Å². The molecule has 5 aromatic carbocycles. The maximum absolute atomic E-state index is 14.8. The van der Waals surface area contributed by atoms with Gasteiger partial charge in [-0.2, -0.15) is 0 Å². The van der Waals surface area contributed by atoms with Gasteiger partial charge in [-0.15, -0.1) is 11.8 Å². The van der Waals surface area contributed by atoms with E-state index < -0.39 is 52.0 Å². The van der Waals surface area contributed by atoms with Crippen LogP contribution in [-0.4, -0.2) is 79.4 Å². The molecule has 5 aromatic rings. The van der Waals surface area contributed by atoms with E-state index in [0.29, 0.717) is 28.6 Å². The van der Waals surface area contributed by atoms with Gasteiger partial charge < -0.3 is 39.6 Å². The lowest BCUT2D eigenvalue weighted by molar-refractivity contribution is -0.130. The first-order valence-electron chi connectivity index (χ1n) is 22.0. The Balaban J connectivity index is 1.47. The number of hydrogen-bond acceptors (Lipinski definition) is 11. The molecule has 0 radical (unpaired) electrons. The number of thioether (sulfide) groups is 2. The molecular weight excluding hydrogens is 887 g/mol. The van der Waals surface area contributed by atoms with Gasteiger partial charge >= 0.3 is 6.09 Å². The second-order valence-corrected chi connectivity index (χ2v) is 20.0. The van der Waals surface area contributed by atoms with Crippen molar-refractivity contribution in [2.75, 3.05) is 27.1 Å². The lowest BCUT2D eigenvalue weighted by atomic mass is 9.84. The molecule has 356 valence electrons. The Morgan fingerprint density at radius 1 is 0.582 bits per heavy atom. The Morgan fingerprint density at radius 3 is 1.52 bits per heavy atom. The molecule has 0 aromatic heterocycles. The van der Waals surface area contributed by atoms with Gasteiger partial charge in [-0.05, 0) is 82.9 Å². The van der Waals surface area contributed by atoms with Gasteiger partial charge in [0.2, 0.25) is 16.9 Å². The molecular formula is C53H63N3O9S2. The van der Waals surface area contributed by atoms with Crippen LogP contribution in [0.15, 0.2) is 127 Å². The number of nitrogens with one attached hydrogen (secondary N) is 3. The summed E-state index contributed by atoms with van der Waals surface area (Å²) in [7, 11) is 4.57. The lowest BCUT2D eigenvalue weighted by Crippen LogP contribution is -2.57. The molecule has 3 amide bonds. The highest BCUT2D eigenvalue weighted by Crippen LogP contribution is 2.48. The maximum Gasteiger partial charge on any atom is 0.408 e. The minimum absolute atomic E-state index is 0.0515. The smallest absolute Gasteiger partial charge is 0.408 e. The number of amides is 3. The van der Waals surface area contributed by atoms with Crippen LogP contribution in [0, 0.1) is 0 Å². The zero-order valence-electron chi connectivity index (χ0n) is 40.0. The Labute approximate surface area is 403 Å². The van der Waals surface area contributed by atoms with Gasteiger partial charge in [-0.1, -0.05) is 115 Å². The molecule has 0 fully saturated rings. The van der Waals surface area contributed by atoms with Gasteiger partial charge in [0.1, 0.15) is 46.3 Å². The first-order chi connectivity index (χ1) is 31.8. The number of hydrogen-bond donors (Lipinski definition) is 3. The summed E-state index contributed by atoms with van der Waals surface area (Å²) in [5.74, 6) is 1.16. The molecule has 0 aliphatic rings. The quantitative estimate of drug-likeness (QED) is 0.0641. The summed E-state index contributed by atoms with van der Waals surface area (Å²) in [6.07, 6.45) is -0.745. The van der Waals surface area contributed by atoms with Crippen molar-refractivity contribution in [3.8, 4) is 23.0 Å². The molecule has 3 atom stereocenters. The van der Waals surface area contributed by atoms with E-state index in [1.807, 2.05) is 136 Å². The second-order valence-electron chi connectivity index (χ2n) is 17.8. The summed E-state index contributed by atoms with van der Waals surface area (Å²) in [4.78, 5) is 56.5. The fourth-order valence-electron chi connectivity index (χ4n) is 7.24. The Hall–Kier alpha value is -6.12. The van der Waals surface area contributed by atoms with E-state index in [2.05, 4.69) is 16.0 Å². The van der Waals surface area contributed by atoms with Crippen molar-refractivity contribution in [3.05, 3.63) is 155 Å². The van der Waals surface area contributed by atoms with Crippen molar-refractivity contribution in [3.63, 3.8) is 0 Å². The average molecular weight is 950 g/mol. The van der Waals surface area contributed by atoms with E-state index in [1.54, 1.807) is 39.8 Å². The Bertz CT molecular complexity index is 2280. The molecule has 0 saturated heterocycles. The van der Waals surface area contributed by atoms with Crippen molar-refractivity contribution in [1.82, 2.24) is 16.0 Å². The Morgan fingerprint density at radius 2 is 1.07 bits per heavy atom. The highest BCUT2D eigenvalue weighted by molar-refractivity contribution is 8.13. The standard InChI is InChI=1S/C53H63N3O9S2/c1-35(49(59)66-33-42-45(62-9)31-41(61-8)32-46(42)63-10)54-47(57)43(30-36-26-28-40(29-27-36)64-51(2,3)4)55-48(58)44(56-50(60)65-52(5,6)7)34-67-53(37-20-14-11-15-21-37,38-22-16-12-17-23-38)39-24-18-13-19-25-39/h11-29,31-32,35,43-44H,30,33-34H2,1-10H3,(H,54,57)(H,55,58)(H,56,60)/t35-,43-,44-/m0/s1. The molecule has 3 N–H and O–H groups in total. The van der Waals surface area contributed by atoms with Gasteiger partial charge in [-0.3, -0.25) is 14.4 Å². The SMILES string of the molecule is COc1cc(OC)c(CSC(=O)[C@H](C)NC(=O)[C@H](Cc2ccc(OC(C)(C)C)cc2)NC(=O)[C@H](CSC(c2ccccc2)(c2ccccc2)c2ccccc2)NC(=O)OC(C)(C)C)c(OC)c1. The number of benzene rings is 5. The van der Waals surface area contributed by atoms with Crippen molar-refractivity contribution in [1.29, 1.82) is 0 Å². The number of alkyl carbamates (subject to hydrolysis) is 1. The number of methoxy groups -OCH3 is 3. The van der Waals surface area contributed by atoms with Crippen LogP contribution < -0.4 is 34.9 Å². The lowest BCUT2D eigenvalue weighted by Gasteiger charge is -2.36. The van der Waals surface area contributed by atoms with Gasteiger partial charge in [0.15, 0.2) is 0 Å². The fourth-order valence-corrected chi connectivity index (χ4v) is 9.68. The molecule has 5 rings (SSSR count). The minimum atomic E-state index is -1.20. The maximum atomic E-state index is 14.8. The van der Waals surface area contributed by atoms with Crippen molar-refractivity contribution in [2.45, 2.75) is 94.7 Å². The van der Waals surface area contributed by atoms with Crippen molar-refractivity contribution >= 4 is 46.5 Å². The van der Waals surface area contributed by atoms with Crippen LogP contribution in [-0.2, 0) is 36.0 Å². The highest BCUT2D eigenvalue weighted by Gasteiger charge is 2.39. The third-order valence-corrected chi connectivity index (χ3v) is 13.0. The molecule has 0 unspecified atom stereocenters. The second kappa shape index (κ2) is 23.6. The third kappa shape index (κ3) is 14.7. The van der Waals surface area contributed by atoms with E-state index >= 15 is 0 Å². The summed E-state index contributed by atoms with van der Waals surface area (Å²) >= 11 is 2.46. The van der Waals surface area contributed by atoms with Gasteiger partial charge in [0.05, 0.1) is 32.1 Å². The number of carbonyl (C=O) groups excluding carboxylic acids is 4. The van der Waals surface area contributed by atoms with E-state index in [4.69, 9.17) is 23.7 Å². The molecule has 67 heavy (non-hydrogen) atoms. The summed E-state index contributed by atoms with van der Waals surface area (Å²) < 4.78 is 27.4. The molecule has 0 bridgehead atoms. The normalized spacial score (nSPS) is 13.0. The minimum Gasteiger partial charge on any atom is -0.496 e. The molecule has 12 nitrogen and oxygen atoms in total. The molecule has 0 saturated carbocycles. The number of rotatable bonds is 20. The van der Waals surface area contributed by atoms with E-state index in [-0.39, 0.29) is 23.0 Å². The first-order valence-corrected chi connectivity index (χ1v) is 24.0. The highest BCUT2D eigenvalue weighted by atomic mass is 32.2. The van der Waals surface area contributed by atoms with E-state index in [0.717, 1.165) is 34.0 Å². The fraction of sp³-hybridized carbons (Fsp3) is 0.358. The molecule has 0 aliphatic carbocycles. The summed E-state index contributed by atoms with van der Waals surface area (Å²) in [6.45, 7) is 12.7. The van der Waals surface area contributed by atoms with Crippen LogP contribution in [0.5, 0.6) is 23.0 Å². The molecule has 14 heteroatoms. The van der Waals surface area contributed by atoms with Crippen LogP contribution in [0.25, 0.3) is 0 Å². The summed E-state index contributed by atoms with van der Waals surface area (Å²) in [5, 5.41) is 8.29. The number of carbonyl (C=O) groups is 4. The van der Waals surface area contributed by atoms with E-state index in [1.165, 1.54) is 33.1 Å². The average Bonchev–Trinajstić information content (AvgIpc) is 3.30. The van der Waals surface area contributed by atoms with Crippen LogP contribution in [0.2, 0.25) is 0 Å². The monoisotopic (exact) mass is 949 g/mol. The summed E-state index contributed by atoms with van der Waals surface area (Å²) in [5.41, 5.74) is 2.95. The van der Waals surface area contributed by atoms with Gasteiger partial charge in [-0.25, -0.2) is 4.79 Å². The predicted molar refractivity (Wildman–Crippen MR) is 267 cm³/mol. The van der Waals surface area contributed by atoms with Crippen LogP contribution in [0.1, 0.15) is 76.3 Å². The third-order valence-electron chi connectivity index (χ3n) is 10.3. The zero-order chi connectivity index (χ0) is 48.8. The van der Waals surface area contributed by atoms with Gasteiger partial charge in [0.25, 0.3) is 0 Å². The number of ether oxygens (including phenoxy) is 5. The predicted octanol–water partition coefficient (Wildman–Crippen LogP) is 9.50. The first kappa shape index (κ1) is 51.9. The van der Waals surface area contributed by atoms with Crippen LogP contribution in [0.4, 0.5) is 4.79 Å². The molecule has 0 spiro atoms. The molecule has 0 aliphatic heterocycles. The zero-order valence-corrected chi connectivity index (χ0v) is 41.6. The van der Waals surface area contributed by atoms with Gasteiger partial charge in [0, 0.05) is 35.6 Å². The van der Waals surface area contributed by atoms with Crippen LogP contribution >= 0.6 is 23.5 Å². The Kier molecular flexibility index (Phi) is 18.2. The molecule has 0 heterocycles.